The maximum absolute atomic E-state index is 10.5. The van der Waals surface area contributed by atoms with Crippen molar-refractivity contribution in [3.05, 3.63) is 53.1 Å². The Balaban J connectivity index is 1.98. The minimum atomic E-state index is -0.768. The molecule has 1 aliphatic rings. The molecule has 0 saturated heterocycles. The fraction of sp³-hybridized carbons (Fsp3) is 0.250. The lowest BCUT2D eigenvalue weighted by atomic mass is 9.97. The number of rotatable bonds is 3. The number of anilines is 1. The second-order valence-corrected chi connectivity index (χ2v) is 4.83. The predicted octanol–water partition coefficient (Wildman–Crippen LogP) is 2.29. The number of para-hydroxylation sites is 1. The van der Waals surface area contributed by atoms with E-state index in [0.717, 1.165) is 23.3 Å². The topological polar surface area (TPSA) is 64.7 Å². The Kier molecular flexibility index (Phi) is 3.24. The standard InChI is InChI=1S/C16H17NO3/c1-19-14-4-2-3-12(15(14)17)16(18)11-5-6-13-10(9-11)7-8-20-13/h2-6,9,16,18H,7-8,17H2,1H3. The molecule has 20 heavy (non-hydrogen) atoms. The maximum Gasteiger partial charge on any atom is 0.142 e. The largest absolute Gasteiger partial charge is 0.495 e. The number of benzene rings is 2. The number of aliphatic hydroxyl groups excluding tert-OH is 1. The number of ether oxygens (including phenoxy) is 2. The molecule has 3 rings (SSSR count). The highest BCUT2D eigenvalue weighted by Gasteiger charge is 2.19. The van der Waals surface area contributed by atoms with Crippen molar-refractivity contribution < 1.29 is 14.6 Å². The summed E-state index contributed by atoms with van der Waals surface area (Å²) in [7, 11) is 1.56. The molecule has 1 aliphatic heterocycles. The van der Waals surface area contributed by atoms with Crippen LogP contribution >= 0.6 is 0 Å². The van der Waals surface area contributed by atoms with E-state index < -0.39 is 6.10 Å². The maximum atomic E-state index is 10.5. The molecule has 0 aromatic heterocycles. The molecular formula is C16H17NO3. The van der Waals surface area contributed by atoms with E-state index in [2.05, 4.69) is 0 Å². The lowest BCUT2D eigenvalue weighted by Crippen LogP contribution is -2.05. The van der Waals surface area contributed by atoms with Gasteiger partial charge in [0.25, 0.3) is 0 Å². The number of nitrogen functional groups attached to an aromatic ring is 1. The van der Waals surface area contributed by atoms with E-state index in [4.69, 9.17) is 15.2 Å². The summed E-state index contributed by atoms with van der Waals surface area (Å²) >= 11 is 0. The fourth-order valence-corrected chi connectivity index (χ4v) is 2.53. The molecule has 4 nitrogen and oxygen atoms in total. The van der Waals surface area contributed by atoms with Gasteiger partial charge in [0.05, 0.1) is 19.4 Å². The summed E-state index contributed by atoms with van der Waals surface area (Å²) in [6.45, 7) is 0.705. The molecule has 1 heterocycles. The molecule has 0 amide bonds. The zero-order valence-corrected chi connectivity index (χ0v) is 11.3. The van der Waals surface area contributed by atoms with Crippen LogP contribution in [0.15, 0.2) is 36.4 Å². The number of hydrogen-bond donors (Lipinski definition) is 2. The van der Waals surface area contributed by atoms with Crippen molar-refractivity contribution in [2.45, 2.75) is 12.5 Å². The van der Waals surface area contributed by atoms with Gasteiger partial charge in [-0.15, -0.1) is 0 Å². The predicted molar refractivity (Wildman–Crippen MR) is 77.1 cm³/mol. The number of fused-ring (bicyclic) bond motifs is 1. The van der Waals surface area contributed by atoms with Crippen molar-refractivity contribution in [2.24, 2.45) is 0 Å². The van der Waals surface area contributed by atoms with Gasteiger partial charge in [-0.25, -0.2) is 0 Å². The Labute approximate surface area is 117 Å². The summed E-state index contributed by atoms with van der Waals surface area (Å²) in [5, 5.41) is 10.5. The van der Waals surface area contributed by atoms with Crippen LogP contribution in [0.25, 0.3) is 0 Å². The molecule has 3 N–H and O–H groups in total. The first-order valence-electron chi connectivity index (χ1n) is 6.57. The van der Waals surface area contributed by atoms with E-state index >= 15 is 0 Å². The van der Waals surface area contributed by atoms with E-state index in [-0.39, 0.29) is 0 Å². The van der Waals surface area contributed by atoms with Crippen LogP contribution in [0.3, 0.4) is 0 Å². The van der Waals surface area contributed by atoms with Crippen molar-refractivity contribution in [1.82, 2.24) is 0 Å². The third kappa shape index (κ3) is 2.08. The van der Waals surface area contributed by atoms with Gasteiger partial charge in [-0.3, -0.25) is 0 Å². The van der Waals surface area contributed by atoms with Gasteiger partial charge in [0.15, 0.2) is 0 Å². The highest BCUT2D eigenvalue weighted by atomic mass is 16.5. The SMILES string of the molecule is COc1cccc(C(O)c2ccc3c(c2)CCO3)c1N. The Morgan fingerprint density at radius 1 is 1.30 bits per heavy atom. The average Bonchev–Trinajstić information content (AvgIpc) is 2.94. The Morgan fingerprint density at radius 3 is 2.95 bits per heavy atom. The minimum absolute atomic E-state index is 0.472. The number of methoxy groups -OCH3 is 1. The van der Waals surface area contributed by atoms with Crippen LogP contribution in [0.5, 0.6) is 11.5 Å². The van der Waals surface area contributed by atoms with Crippen LogP contribution in [0.4, 0.5) is 5.69 Å². The molecule has 2 aromatic rings. The molecule has 0 radical (unpaired) electrons. The highest BCUT2D eigenvalue weighted by molar-refractivity contribution is 5.61. The van der Waals surface area contributed by atoms with Gasteiger partial charge in [0, 0.05) is 12.0 Å². The summed E-state index contributed by atoms with van der Waals surface area (Å²) in [6, 6.07) is 11.2. The van der Waals surface area contributed by atoms with Crippen LogP contribution in [0.2, 0.25) is 0 Å². The van der Waals surface area contributed by atoms with Crippen LogP contribution in [0, 0.1) is 0 Å². The Hall–Kier alpha value is -2.20. The molecular weight excluding hydrogens is 254 g/mol. The normalized spacial score (nSPS) is 14.5. The van der Waals surface area contributed by atoms with Gasteiger partial charge < -0.3 is 20.3 Å². The summed E-state index contributed by atoms with van der Waals surface area (Å²) in [5.41, 5.74) is 9.10. The van der Waals surface area contributed by atoms with Gasteiger partial charge in [0.2, 0.25) is 0 Å². The molecule has 1 atom stereocenters. The second kappa shape index (κ2) is 5.06. The van der Waals surface area contributed by atoms with E-state index in [1.54, 1.807) is 13.2 Å². The van der Waals surface area contributed by atoms with Crippen molar-refractivity contribution in [2.75, 3.05) is 19.5 Å². The van der Waals surface area contributed by atoms with Crippen LogP contribution in [-0.2, 0) is 6.42 Å². The van der Waals surface area contributed by atoms with Gasteiger partial charge in [-0.05, 0) is 29.3 Å². The lowest BCUT2D eigenvalue weighted by molar-refractivity contribution is 0.220. The zero-order valence-electron chi connectivity index (χ0n) is 11.3. The Morgan fingerprint density at radius 2 is 2.15 bits per heavy atom. The van der Waals surface area contributed by atoms with Crippen LogP contribution in [0.1, 0.15) is 22.8 Å². The monoisotopic (exact) mass is 271 g/mol. The fourth-order valence-electron chi connectivity index (χ4n) is 2.53. The van der Waals surface area contributed by atoms with E-state index in [1.807, 2.05) is 30.3 Å². The molecule has 0 aliphatic carbocycles. The molecule has 0 fully saturated rings. The van der Waals surface area contributed by atoms with Gasteiger partial charge in [-0.2, -0.15) is 0 Å². The quantitative estimate of drug-likeness (QED) is 0.841. The van der Waals surface area contributed by atoms with Crippen molar-refractivity contribution >= 4 is 5.69 Å². The molecule has 0 bridgehead atoms. The smallest absolute Gasteiger partial charge is 0.142 e. The number of aliphatic hydroxyl groups is 1. The number of hydrogen-bond acceptors (Lipinski definition) is 4. The highest BCUT2D eigenvalue weighted by Crippen LogP contribution is 2.35. The van der Waals surface area contributed by atoms with E-state index in [0.29, 0.717) is 23.6 Å². The van der Waals surface area contributed by atoms with Crippen molar-refractivity contribution in [3.8, 4) is 11.5 Å². The molecule has 4 heteroatoms. The first-order chi connectivity index (χ1) is 9.70. The van der Waals surface area contributed by atoms with Gasteiger partial charge in [0.1, 0.15) is 17.6 Å². The van der Waals surface area contributed by atoms with Gasteiger partial charge >= 0.3 is 0 Å². The molecule has 0 spiro atoms. The third-order valence-electron chi connectivity index (χ3n) is 3.64. The zero-order chi connectivity index (χ0) is 14.1. The molecule has 0 saturated carbocycles. The van der Waals surface area contributed by atoms with E-state index in [9.17, 15) is 5.11 Å². The number of nitrogens with two attached hydrogens (primary N) is 1. The second-order valence-electron chi connectivity index (χ2n) is 4.83. The van der Waals surface area contributed by atoms with Gasteiger partial charge in [-0.1, -0.05) is 18.2 Å². The van der Waals surface area contributed by atoms with Crippen molar-refractivity contribution in [3.63, 3.8) is 0 Å². The molecule has 1 unspecified atom stereocenters. The summed E-state index contributed by atoms with van der Waals surface area (Å²) < 4.78 is 10.7. The minimum Gasteiger partial charge on any atom is -0.495 e. The van der Waals surface area contributed by atoms with Crippen LogP contribution in [-0.4, -0.2) is 18.8 Å². The average molecular weight is 271 g/mol. The lowest BCUT2D eigenvalue weighted by Gasteiger charge is -2.16. The van der Waals surface area contributed by atoms with Crippen molar-refractivity contribution in [1.29, 1.82) is 0 Å². The molecule has 2 aromatic carbocycles. The first-order valence-corrected chi connectivity index (χ1v) is 6.57. The van der Waals surface area contributed by atoms with Crippen LogP contribution < -0.4 is 15.2 Å². The van der Waals surface area contributed by atoms with E-state index in [1.165, 1.54) is 0 Å². The Bertz CT molecular complexity index is 640. The summed E-state index contributed by atoms with van der Waals surface area (Å²) in [5.74, 6) is 1.48. The first kappa shape index (κ1) is 12.8. The summed E-state index contributed by atoms with van der Waals surface area (Å²) in [4.78, 5) is 0. The molecule has 104 valence electrons. The third-order valence-corrected chi connectivity index (χ3v) is 3.64. The summed E-state index contributed by atoms with van der Waals surface area (Å²) in [6.07, 6.45) is 0.111.